The van der Waals surface area contributed by atoms with Gasteiger partial charge < -0.3 is 5.32 Å². The van der Waals surface area contributed by atoms with Gasteiger partial charge in [-0.1, -0.05) is 44.7 Å². The van der Waals surface area contributed by atoms with Crippen LogP contribution in [-0.4, -0.2) is 33.3 Å². The summed E-state index contributed by atoms with van der Waals surface area (Å²) in [5.41, 5.74) is 0.634. The van der Waals surface area contributed by atoms with Crippen molar-refractivity contribution in [2.45, 2.75) is 63.2 Å². The third-order valence-corrected chi connectivity index (χ3v) is 5.74. The fourth-order valence-electron chi connectivity index (χ4n) is 2.88. The maximum absolute atomic E-state index is 12.0. The second kappa shape index (κ2) is 10.3. The van der Waals surface area contributed by atoms with Gasteiger partial charge in [-0.15, -0.1) is 0 Å². The van der Waals surface area contributed by atoms with Crippen LogP contribution in [0.25, 0.3) is 0 Å². The lowest BCUT2D eigenvalue weighted by atomic mass is 10.1. The molecule has 26 heavy (non-hydrogen) atoms. The van der Waals surface area contributed by atoms with Crippen LogP contribution >= 0.6 is 0 Å². The van der Waals surface area contributed by atoms with E-state index in [1.165, 1.54) is 19.3 Å². The van der Waals surface area contributed by atoms with Crippen LogP contribution in [0.4, 0.5) is 0 Å². The molecule has 0 atom stereocenters. The number of nitrogens with zero attached hydrogens (tertiary/aromatic N) is 1. The largest absolute Gasteiger partial charge is 0.356 e. The molecule has 0 saturated heterocycles. The number of benzene rings is 1. The third kappa shape index (κ3) is 6.12. The number of amides is 1. The Labute approximate surface area is 156 Å². The van der Waals surface area contributed by atoms with Gasteiger partial charge in [0.15, 0.2) is 0 Å². The number of nitrogens with one attached hydrogen (secondary N) is 2. The molecule has 1 aromatic rings. The summed E-state index contributed by atoms with van der Waals surface area (Å²) < 4.78 is 26.5. The Hall–Kier alpha value is -1.89. The van der Waals surface area contributed by atoms with E-state index in [2.05, 4.69) is 22.0 Å². The summed E-state index contributed by atoms with van der Waals surface area (Å²) in [6, 6.07) is 6.85. The van der Waals surface area contributed by atoms with Gasteiger partial charge in [0.25, 0.3) is 10.0 Å². The Kier molecular flexibility index (Phi) is 8.09. The van der Waals surface area contributed by atoms with Crippen molar-refractivity contribution in [2.75, 3.05) is 13.1 Å². The number of carbonyl (C=O) groups is 1. The number of aliphatic imine (C=N–C) groups is 1. The lowest BCUT2D eigenvalue weighted by molar-refractivity contribution is -0.121. The molecular weight excluding hydrogens is 350 g/mol. The highest BCUT2D eigenvalue weighted by molar-refractivity contribution is 7.90. The first-order valence-corrected chi connectivity index (χ1v) is 11.0. The van der Waals surface area contributed by atoms with Crippen molar-refractivity contribution in [3.05, 3.63) is 29.8 Å². The van der Waals surface area contributed by atoms with Gasteiger partial charge in [0, 0.05) is 25.1 Å². The van der Waals surface area contributed by atoms with Crippen LogP contribution in [0.2, 0.25) is 0 Å². The van der Waals surface area contributed by atoms with Gasteiger partial charge in [0.1, 0.15) is 5.84 Å². The van der Waals surface area contributed by atoms with Crippen molar-refractivity contribution in [2.24, 2.45) is 4.99 Å². The maximum Gasteiger partial charge on any atom is 0.263 e. The molecule has 1 heterocycles. The van der Waals surface area contributed by atoms with Crippen LogP contribution in [-0.2, 0) is 14.8 Å². The van der Waals surface area contributed by atoms with Gasteiger partial charge in [0.2, 0.25) is 5.91 Å². The second-order valence-electron chi connectivity index (χ2n) is 6.55. The first-order chi connectivity index (χ1) is 12.5. The molecule has 144 valence electrons. The van der Waals surface area contributed by atoms with Gasteiger partial charge >= 0.3 is 0 Å². The topological polar surface area (TPSA) is 87.6 Å². The molecule has 1 aliphatic heterocycles. The Morgan fingerprint density at radius 2 is 1.85 bits per heavy atom. The molecule has 0 radical (unpaired) electrons. The minimum atomic E-state index is -3.46. The number of rotatable bonds is 11. The zero-order valence-electron chi connectivity index (χ0n) is 15.5. The van der Waals surface area contributed by atoms with Gasteiger partial charge in [0.05, 0.1) is 4.90 Å². The van der Waals surface area contributed by atoms with Crippen molar-refractivity contribution < 1.29 is 13.2 Å². The molecule has 7 heteroatoms. The monoisotopic (exact) mass is 379 g/mol. The first-order valence-electron chi connectivity index (χ1n) is 9.48. The predicted octanol–water partition coefficient (Wildman–Crippen LogP) is 2.98. The summed E-state index contributed by atoms with van der Waals surface area (Å²) in [5, 5.41) is 2.95. The molecule has 0 fully saturated rings. The molecule has 0 aliphatic carbocycles. The zero-order chi connectivity index (χ0) is 18.8. The number of amidine groups is 1. The Morgan fingerprint density at radius 3 is 2.65 bits per heavy atom. The normalized spacial score (nSPS) is 16.3. The van der Waals surface area contributed by atoms with Gasteiger partial charge in [-0.05, 0) is 31.4 Å². The van der Waals surface area contributed by atoms with Gasteiger partial charge in [-0.3, -0.25) is 14.5 Å². The number of carbonyl (C=O) groups excluding carboxylic acids is 1. The quantitative estimate of drug-likeness (QED) is 0.579. The Balaban J connectivity index is 1.63. The molecule has 0 saturated carbocycles. The smallest absolute Gasteiger partial charge is 0.263 e. The van der Waals surface area contributed by atoms with Crippen LogP contribution < -0.4 is 10.0 Å². The van der Waals surface area contributed by atoms with E-state index in [9.17, 15) is 13.2 Å². The Bertz CT molecular complexity index is 729. The first kappa shape index (κ1) is 20.4. The van der Waals surface area contributed by atoms with Crippen LogP contribution in [0, 0.1) is 0 Å². The molecule has 2 rings (SSSR count). The van der Waals surface area contributed by atoms with E-state index in [1.807, 2.05) is 0 Å². The van der Waals surface area contributed by atoms with E-state index in [-0.39, 0.29) is 10.8 Å². The molecular formula is C19H29N3O3S. The average Bonchev–Trinajstić information content (AvgIpc) is 2.89. The zero-order valence-corrected chi connectivity index (χ0v) is 16.3. The highest BCUT2D eigenvalue weighted by Crippen LogP contribution is 2.22. The standard InChI is InChI=1S/C19H29N3O3S/c1-2-3-4-9-14-20-18(23)13-6-5-10-15-21-19-16-11-7-8-12-17(16)26(24,25)22-19/h7-8,11-12H,2-6,9-10,13-15H2,1H3,(H,20,23)(H,21,22). The number of fused-ring (bicyclic) bond motifs is 1. The number of unbranched alkanes of at least 4 members (excludes halogenated alkanes) is 5. The predicted molar refractivity (Wildman–Crippen MR) is 104 cm³/mol. The molecule has 1 amide bonds. The van der Waals surface area contributed by atoms with Crippen LogP contribution in [0.15, 0.2) is 34.2 Å². The van der Waals surface area contributed by atoms with E-state index >= 15 is 0 Å². The molecule has 2 N–H and O–H groups in total. The number of hydrogen-bond acceptors (Lipinski definition) is 4. The average molecular weight is 380 g/mol. The molecule has 0 bridgehead atoms. The summed E-state index contributed by atoms with van der Waals surface area (Å²) in [7, 11) is -3.46. The third-order valence-electron chi connectivity index (χ3n) is 4.35. The highest BCUT2D eigenvalue weighted by Gasteiger charge is 2.29. The summed E-state index contributed by atoms with van der Waals surface area (Å²) >= 11 is 0. The van der Waals surface area contributed by atoms with E-state index in [1.54, 1.807) is 24.3 Å². The highest BCUT2D eigenvalue weighted by atomic mass is 32.2. The van der Waals surface area contributed by atoms with Crippen molar-refractivity contribution in [1.29, 1.82) is 0 Å². The van der Waals surface area contributed by atoms with Crippen LogP contribution in [0.5, 0.6) is 0 Å². The fraction of sp³-hybridized carbons (Fsp3) is 0.579. The minimum Gasteiger partial charge on any atom is -0.356 e. The molecule has 0 spiro atoms. The lowest BCUT2D eigenvalue weighted by Crippen LogP contribution is -2.24. The second-order valence-corrected chi connectivity index (χ2v) is 8.20. The summed E-state index contributed by atoms with van der Waals surface area (Å²) in [4.78, 5) is 16.4. The van der Waals surface area contributed by atoms with E-state index in [4.69, 9.17) is 0 Å². The number of hydrogen-bond donors (Lipinski definition) is 2. The van der Waals surface area contributed by atoms with E-state index in [0.717, 1.165) is 32.2 Å². The molecule has 1 aromatic carbocycles. The van der Waals surface area contributed by atoms with Crippen LogP contribution in [0.1, 0.15) is 63.9 Å². The van der Waals surface area contributed by atoms with Crippen molar-refractivity contribution in [1.82, 2.24) is 10.0 Å². The fourth-order valence-corrected chi connectivity index (χ4v) is 4.14. The molecule has 0 aromatic heterocycles. The van der Waals surface area contributed by atoms with Gasteiger partial charge in [-0.25, -0.2) is 8.42 Å². The summed E-state index contributed by atoms with van der Waals surface area (Å²) in [6.45, 7) is 3.49. The summed E-state index contributed by atoms with van der Waals surface area (Å²) in [5.74, 6) is 0.538. The SMILES string of the molecule is CCCCCCNC(=O)CCCCCN=C1NS(=O)(=O)c2ccccc21. The molecule has 1 aliphatic rings. The van der Waals surface area contributed by atoms with Crippen molar-refractivity contribution in [3.63, 3.8) is 0 Å². The van der Waals surface area contributed by atoms with E-state index in [0.29, 0.717) is 24.4 Å². The number of sulfonamides is 1. The molecule has 6 nitrogen and oxygen atoms in total. The van der Waals surface area contributed by atoms with E-state index < -0.39 is 10.0 Å². The van der Waals surface area contributed by atoms with Crippen LogP contribution in [0.3, 0.4) is 0 Å². The maximum atomic E-state index is 12.0. The lowest BCUT2D eigenvalue weighted by Gasteiger charge is -2.04. The Morgan fingerprint density at radius 1 is 1.08 bits per heavy atom. The molecule has 0 unspecified atom stereocenters. The van der Waals surface area contributed by atoms with Crippen molar-refractivity contribution >= 4 is 21.8 Å². The van der Waals surface area contributed by atoms with Crippen molar-refractivity contribution in [3.8, 4) is 0 Å². The minimum absolute atomic E-state index is 0.116. The summed E-state index contributed by atoms with van der Waals surface area (Å²) in [6.07, 6.45) is 7.74. The van der Waals surface area contributed by atoms with Gasteiger partial charge in [-0.2, -0.15) is 0 Å².